The molecule has 0 aliphatic heterocycles. The maximum absolute atomic E-state index is 3.99. The van der Waals surface area contributed by atoms with Crippen LogP contribution >= 0.6 is 0 Å². The lowest BCUT2D eigenvalue weighted by Crippen LogP contribution is -2.22. The van der Waals surface area contributed by atoms with Gasteiger partial charge in [-0.2, -0.15) is 0 Å². The van der Waals surface area contributed by atoms with Gasteiger partial charge in [0.25, 0.3) is 0 Å². The molecule has 0 spiro atoms. The first-order valence-corrected chi connectivity index (χ1v) is 6.26. The number of likely N-dealkylation sites (N-methyl/N-ethyl adjacent to an activating group) is 1. The highest BCUT2D eigenvalue weighted by molar-refractivity contribution is 5.31. The molecule has 1 nitrogen and oxygen atoms in total. The van der Waals surface area contributed by atoms with Crippen LogP contribution in [-0.2, 0) is 0 Å². The van der Waals surface area contributed by atoms with E-state index in [0.717, 1.165) is 0 Å². The Labute approximate surface area is 109 Å². The summed E-state index contributed by atoms with van der Waals surface area (Å²) in [4.78, 5) is 0. The van der Waals surface area contributed by atoms with Crippen molar-refractivity contribution in [2.75, 3.05) is 7.05 Å². The zero-order valence-electron chi connectivity index (χ0n) is 10.7. The number of benzene rings is 2. The first kappa shape index (κ1) is 12.6. The minimum atomic E-state index is 0.256. The Morgan fingerprint density at radius 1 is 0.889 bits per heavy atom. The fourth-order valence-electron chi connectivity index (χ4n) is 2.35. The van der Waals surface area contributed by atoms with Crippen LogP contribution in [0.4, 0.5) is 0 Å². The molecule has 0 unspecified atom stereocenters. The van der Waals surface area contributed by atoms with Gasteiger partial charge in [0.1, 0.15) is 0 Å². The third-order valence-electron chi connectivity index (χ3n) is 3.27. The Kier molecular flexibility index (Phi) is 4.32. The first-order valence-electron chi connectivity index (χ1n) is 6.26. The minimum Gasteiger partial charge on any atom is -0.312 e. The SMILES string of the molecule is C=C[C@@H](c1ccccc1)[C@@H](NC)c1ccccc1. The molecule has 0 fully saturated rings. The molecule has 0 amide bonds. The molecule has 92 valence electrons. The van der Waals surface area contributed by atoms with Gasteiger partial charge in [0, 0.05) is 12.0 Å². The van der Waals surface area contributed by atoms with E-state index in [1.807, 2.05) is 25.3 Å². The average Bonchev–Trinajstić information content (AvgIpc) is 2.46. The largest absolute Gasteiger partial charge is 0.312 e. The molecule has 0 aliphatic rings. The molecule has 0 aromatic heterocycles. The fraction of sp³-hybridized carbons (Fsp3) is 0.176. The summed E-state index contributed by atoms with van der Waals surface area (Å²) in [5.74, 6) is 0.276. The van der Waals surface area contributed by atoms with Crippen molar-refractivity contribution in [1.82, 2.24) is 5.32 Å². The number of hydrogen-bond acceptors (Lipinski definition) is 1. The molecule has 1 N–H and O–H groups in total. The van der Waals surface area contributed by atoms with Crippen molar-refractivity contribution >= 4 is 0 Å². The maximum atomic E-state index is 3.99. The van der Waals surface area contributed by atoms with Crippen molar-refractivity contribution in [3.8, 4) is 0 Å². The molecule has 0 saturated carbocycles. The van der Waals surface area contributed by atoms with E-state index in [1.54, 1.807) is 0 Å². The Morgan fingerprint density at radius 2 is 1.39 bits per heavy atom. The summed E-state index contributed by atoms with van der Waals surface area (Å²) in [5, 5.41) is 3.40. The van der Waals surface area contributed by atoms with E-state index >= 15 is 0 Å². The van der Waals surface area contributed by atoms with Crippen molar-refractivity contribution in [1.29, 1.82) is 0 Å². The van der Waals surface area contributed by atoms with Crippen LogP contribution in [0.3, 0.4) is 0 Å². The van der Waals surface area contributed by atoms with Gasteiger partial charge in [-0.25, -0.2) is 0 Å². The zero-order valence-corrected chi connectivity index (χ0v) is 10.7. The van der Waals surface area contributed by atoms with Crippen LogP contribution in [0.2, 0.25) is 0 Å². The fourth-order valence-corrected chi connectivity index (χ4v) is 2.35. The molecule has 18 heavy (non-hydrogen) atoms. The molecule has 2 rings (SSSR count). The number of rotatable bonds is 5. The van der Waals surface area contributed by atoms with E-state index in [-0.39, 0.29) is 12.0 Å². The molecule has 0 heterocycles. The predicted molar refractivity (Wildman–Crippen MR) is 77.6 cm³/mol. The quantitative estimate of drug-likeness (QED) is 0.777. The topological polar surface area (TPSA) is 12.0 Å². The number of hydrogen-bond donors (Lipinski definition) is 1. The summed E-state index contributed by atoms with van der Waals surface area (Å²) in [6, 6.07) is 21.2. The normalized spacial score (nSPS) is 13.8. The molecule has 0 saturated heterocycles. The highest BCUT2D eigenvalue weighted by atomic mass is 14.9. The zero-order chi connectivity index (χ0) is 12.8. The predicted octanol–water partition coefficient (Wildman–Crippen LogP) is 3.92. The summed E-state index contributed by atoms with van der Waals surface area (Å²) in [5.41, 5.74) is 2.57. The van der Waals surface area contributed by atoms with Gasteiger partial charge in [-0.05, 0) is 18.2 Å². The Bertz CT molecular complexity index is 475. The highest BCUT2D eigenvalue weighted by Crippen LogP contribution is 2.31. The second-order valence-electron chi connectivity index (χ2n) is 4.35. The van der Waals surface area contributed by atoms with Gasteiger partial charge < -0.3 is 5.32 Å². The molecule has 0 radical (unpaired) electrons. The third-order valence-corrected chi connectivity index (χ3v) is 3.27. The van der Waals surface area contributed by atoms with Crippen molar-refractivity contribution in [2.24, 2.45) is 0 Å². The average molecular weight is 237 g/mol. The molecule has 0 bridgehead atoms. The third kappa shape index (κ3) is 2.69. The van der Waals surface area contributed by atoms with Crippen LogP contribution in [-0.4, -0.2) is 7.05 Å². The van der Waals surface area contributed by atoms with Gasteiger partial charge in [-0.1, -0.05) is 66.7 Å². The van der Waals surface area contributed by atoms with Crippen molar-refractivity contribution in [2.45, 2.75) is 12.0 Å². The van der Waals surface area contributed by atoms with Gasteiger partial charge in [0.05, 0.1) is 0 Å². The standard InChI is InChI=1S/C17H19N/c1-3-16(14-10-6-4-7-11-14)17(18-2)15-12-8-5-9-13-15/h3-13,16-18H,1H2,2H3/t16-,17-/m0/s1. The molecule has 2 aromatic carbocycles. The van der Waals surface area contributed by atoms with Crippen molar-refractivity contribution in [3.05, 3.63) is 84.4 Å². The van der Waals surface area contributed by atoms with Gasteiger partial charge in [0.15, 0.2) is 0 Å². The van der Waals surface area contributed by atoms with E-state index in [1.165, 1.54) is 11.1 Å². The molecular weight excluding hydrogens is 218 g/mol. The van der Waals surface area contributed by atoms with Gasteiger partial charge >= 0.3 is 0 Å². The van der Waals surface area contributed by atoms with Crippen LogP contribution in [0.25, 0.3) is 0 Å². The molecule has 0 aliphatic carbocycles. The van der Waals surface area contributed by atoms with E-state index in [9.17, 15) is 0 Å². The van der Waals surface area contributed by atoms with Crippen molar-refractivity contribution in [3.63, 3.8) is 0 Å². The van der Waals surface area contributed by atoms with Crippen LogP contribution < -0.4 is 5.32 Å². The van der Waals surface area contributed by atoms with Gasteiger partial charge in [-0.15, -0.1) is 6.58 Å². The number of nitrogens with one attached hydrogen (secondary N) is 1. The van der Waals surface area contributed by atoms with Crippen LogP contribution in [0.5, 0.6) is 0 Å². The lowest BCUT2D eigenvalue weighted by Gasteiger charge is -2.25. The van der Waals surface area contributed by atoms with Crippen LogP contribution in [0.15, 0.2) is 73.3 Å². The second kappa shape index (κ2) is 6.18. The summed E-state index contributed by atoms with van der Waals surface area (Å²) < 4.78 is 0. The lowest BCUT2D eigenvalue weighted by atomic mass is 9.87. The molecule has 1 heteroatoms. The summed E-state index contributed by atoms with van der Waals surface area (Å²) in [6.07, 6.45) is 2.02. The summed E-state index contributed by atoms with van der Waals surface area (Å²) in [6.45, 7) is 3.99. The van der Waals surface area contributed by atoms with Crippen LogP contribution in [0.1, 0.15) is 23.1 Å². The Balaban J connectivity index is 2.34. The maximum Gasteiger partial charge on any atom is 0.0422 e. The second-order valence-corrected chi connectivity index (χ2v) is 4.35. The molecule has 2 aromatic rings. The lowest BCUT2D eigenvalue weighted by molar-refractivity contribution is 0.542. The van der Waals surface area contributed by atoms with Gasteiger partial charge in [0.2, 0.25) is 0 Å². The monoisotopic (exact) mass is 237 g/mol. The first-order chi connectivity index (χ1) is 8.86. The molecular formula is C17H19N. The Morgan fingerprint density at radius 3 is 1.83 bits per heavy atom. The van der Waals surface area contributed by atoms with Crippen molar-refractivity contribution < 1.29 is 0 Å². The highest BCUT2D eigenvalue weighted by Gasteiger charge is 2.20. The van der Waals surface area contributed by atoms with E-state index < -0.39 is 0 Å². The Hall–Kier alpha value is -1.86. The van der Waals surface area contributed by atoms with E-state index in [2.05, 4.69) is 60.4 Å². The van der Waals surface area contributed by atoms with E-state index in [4.69, 9.17) is 0 Å². The summed E-state index contributed by atoms with van der Waals surface area (Å²) >= 11 is 0. The van der Waals surface area contributed by atoms with Gasteiger partial charge in [-0.3, -0.25) is 0 Å². The molecule has 2 atom stereocenters. The van der Waals surface area contributed by atoms with Crippen LogP contribution in [0, 0.1) is 0 Å². The van der Waals surface area contributed by atoms with E-state index in [0.29, 0.717) is 0 Å². The smallest absolute Gasteiger partial charge is 0.0422 e. The minimum absolute atomic E-state index is 0.256. The summed E-state index contributed by atoms with van der Waals surface area (Å²) in [7, 11) is 2.00.